The lowest BCUT2D eigenvalue weighted by atomic mass is 10.1. The molecule has 4 amide bonds. The Hall–Kier alpha value is -3.05. The molecule has 0 spiro atoms. The summed E-state index contributed by atoms with van der Waals surface area (Å²) in [6, 6.07) is 10.6. The number of alkyl halides is 3. The van der Waals surface area contributed by atoms with E-state index in [0.29, 0.717) is 27.4 Å². The Morgan fingerprint density at radius 3 is 2.31 bits per heavy atom. The van der Waals surface area contributed by atoms with Crippen LogP contribution < -0.4 is 10.6 Å². The summed E-state index contributed by atoms with van der Waals surface area (Å²) in [5.74, 6) is -2.28. The van der Waals surface area contributed by atoms with E-state index in [-0.39, 0.29) is 6.42 Å². The van der Waals surface area contributed by atoms with E-state index >= 15 is 0 Å². The van der Waals surface area contributed by atoms with Gasteiger partial charge in [-0.05, 0) is 36.4 Å². The lowest BCUT2D eigenvalue weighted by Gasteiger charge is -2.16. The molecule has 1 unspecified atom stereocenters. The second-order valence-corrected chi connectivity index (χ2v) is 8.24. The van der Waals surface area contributed by atoms with Gasteiger partial charge < -0.3 is 10.6 Å². The van der Waals surface area contributed by atoms with Crippen LogP contribution in [-0.4, -0.2) is 39.7 Å². The largest absolute Gasteiger partial charge is 0.418 e. The molecule has 32 heavy (non-hydrogen) atoms. The summed E-state index contributed by atoms with van der Waals surface area (Å²) in [6.45, 7) is -0.772. The van der Waals surface area contributed by atoms with Gasteiger partial charge in [-0.3, -0.25) is 24.1 Å². The fourth-order valence-corrected chi connectivity index (χ4v) is 3.97. The second kappa shape index (κ2) is 9.61. The molecule has 0 aliphatic carbocycles. The Morgan fingerprint density at radius 2 is 1.66 bits per heavy atom. The number of anilines is 2. The number of rotatable bonds is 6. The summed E-state index contributed by atoms with van der Waals surface area (Å²) >= 11 is 6.34. The number of imide groups is 1. The first-order chi connectivity index (χ1) is 15.0. The normalized spacial score (nSPS) is 16.2. The average Bonchev–Trinajstić information content (AvgIpc) is 2.96. The van der Waals surface area contributed by atoms with E-state index in [1.165, 1.54) is 12.1 Å². The minimum Gasteiger partial charge on any atom is -0.326 e. The third-order valence-electron chi connectivity index (χ3n) is 4.31. The minimum atomic E-state index is -4.69. The molecule has 1 saturated heterocycles. The number of hydrogen-bond donors (Lipinski definition) is 2. The van der Waals surface area contributed by atoms with Crippen LogP contribution in [0.1, 0.15) is 12.0 Å². The van der Waals surface area contributed by atoms with E-state index in [0.717, 1.165) is 12.1 Å². The third kappa shape index (κ3) is 5.80. The highest BCUT2D eigenvalue weighted by molar-refractivity contribution is 8.15. The van der Waals surface area contributed by atoms with Crippen molar-refractivity contribution < 1.29 is 32.3 Å². The van der Waals surface area contributed by atoms with Gasteiger partial charge in [-0.1, -0.05) is 35.5 Å². The smallest absolute Gasteiger partial charge is 0.326 e. The molecular formula is C20H15ClF3N3O4S. The number of nitrogens with one attached hydrogen (secondary N) is 2. The molecule has 0 saturated carbocycles. The van der Waals surface area contributed by atoms with Gasteiger partial charge in [0.1, 0.15) is 11.8 Å². The van der Waals surface area contributed by atoms with Crippen molar-refractivity contribution in [2.24, 2.45) is 0 Å². The Balaban J connectivity index is 1.59. The van der Waals surface area contributed by atoms with Crippen LogP contribution in [-0.2, 0) is 20.6 Å². The number of carbonyl (C=O) groups excluding carboxylic acids is 4. The molecule has 2 aromatic carbocycles. The maximum atomic E-state index is 13.1. The molecule has 0 radical (unpaired) electrons. The van der Waals surface area contributed by atoms with E-state index < -0.39 is 52.2 Å². The number of para-hydroxylation sites is 1. The molecule has 2 aromatic rings. The maximum Gasteiger partial charge on any atom is 0.418 e. The molecule has 1 heterocycles. The fourth-order valence-electron chi connectivity index (χ4n) is 2.86. The summed E-state index contributed by atoms with van der Waals surface area (Å²) in [4.78, 5) is 49.6. The van der Waals surface area contributed by atoms with Crippen molar-refractivity contribution in [2.45, 2.75) is 17.8 Å². The topological polar surface area (TPSA) is 95.6 Å². The molecule has 1 fully saturated rings. The van der Waals surface area contributed by atoms with Gasteiger partial charge in [0.2, 0.25) is 17.7 Å². The number of amides is 4. The van der Waals surface area contributed by atoms with Crippen molar-refractivity contribution in [1.82, 2.24) is 4.90 Å². The number of halogens is 4. The standard InChI is InChI=1S/C20H15ClF3N3O4S/c21-11-5-7-12(8-6-11)25-16(28)9-15-18(30)27(19(31)32-15)10-17(29)26-14-4-2-1-3-13(14)20(22,23)24/h1-8,15H,9-10H2,(H,25,28)(H,26,29). The highest BCUT2D eigenvalue weighted by Crippen LogP contribution is 2.35. The summed E-state index contributed by atoms with van der Waals surface area (Å²) in [6.07, 6.45) is -5.02. The molecular weight excluding hydrogens is 471 g/mol. The second-order valence-electron chi connectivity index (χ2n) is 6.65. The van der Waals surface area contributed by atoms with E-state index in [2.05, 4.69) is 10.6 Å². The van der Waals surface area contributed by atoms with Crippen molar-refractivity contribution in [3.05, 3.63) is 59.1 Å². The van der Waals surface area contributed by atoms with Crippen LogP contribution >= 0.6 is 23.4 Å². The molecule has 0 aromatic heterocycles. The molecule has 2 N–H and O–H groups in total. The van der Waals surface area contributed by atoms with E-state index in [4.69, 9.17) is 11.6 Å². The van der Waals surface area contributed by atoms with Crippen molar-refractivity contribution in [2.75, 3.05) is 17.2 Å². The highest BCUT2D eigenvalue weighted by atomic mass is 35.5. The summed E-state index contributed by atoms with van der Waals surface area (Å²) in [5.41, 5.74) is -1.10. The zero-order valence-corrected chi connectivity index (χ0v) is 17.7. The van der Waals surface area contributed by atoms with Crippen molar-refractivity contribution in [1.29, 1.82) is 0 Å². The van der Waals surface area contributed by atoms with Crippen LogP contribution in [0.15, 0.2) is 48.5 Å². The van der Waals surface area contributed by atoms with Gasteiger partial charge in [0.25, 0.3) is 5.24 Å². The summed E-state index contributed by atoms with van der Waals surface area (Å²) < 4.78 is 39.2. The molecule has 3 rings (SSSR count). The fraction of sp³-hybridized carbons (Fsp3) is 0.200. The zero-order chi connectivity index (χ0) is 23.5. The van der Waals surface area contributed by atoms with Gasteiger partial charge >= 0.3 is 6.18 Å². The van der Waals surface area contributed by atoms with Crippen molar-refractivity contribution in [3.8, 4) is 0 Å². The SMILES string of the molecule is O=C(CC1SC(=O)N(CC(=O)Nc2ccccc2C(F)(F)F)C1=O)Nc1ccc(Cl)cc1. The molecule has 1 atom stereocenters. The van der Waals surface area contributed by atoms with Gasteiger partial charge in [0.15, 0.2) is 0 Å². The van der Waals surface area contributed by atoms with Crippen LogP contribution in [0.2, 0.25) is 5.02 Å². The van der Waals surface area contributed by atoms with Gasteiger partial charge in [-0.2, -0.15) is 13.2 Å². The first-order valence-corrected chi connectivity index (χ1v) is 10.3. The van der Waals surface area contributed by atoms with Crippen LogP contribution in [0, 0.1) is 0 Å². The molecule has 0 bridgehead atoms. The molecule has 7 nitrogen and oxygen atoms in total. The lowest BCUT2D eigenvalue weighted by molar-refractivity contribution is -0.137. The van der Waals surface area contributed by atoms with Gasteiger partial charge in [-0.25, -0.2) is 0 Å². The molecule has 12 heteroatoms. The predicted octanol–water partition coefficient (Wildman–Crippen LogP) is 4.39. The molecule has 1 aliphatic heterocycles. The first kappa shape index (κ1) is 23.6. The Labute approximate surface area is 189 Å². The predicted molar refractivity (Wildman–Crippen MR) is 113 cm³/mol. The number of nitrogens with zero attached hydrogens (tertiary/aromatic N) is 1. The number of benzene rings is 2. The van der Waals surface area contributed by atoms with E-state index in [9.17, 15) is 32.3 Å². The van der Waals surface area contributed by atoms with Crippen LogP contribution in [0.25, 0.3) is 0 Å². The van der Waals surface area contributed by atoms with Crippen LogP contribution in [0.3, 0.4) is 0 Å². The number of carbonyl (C=O) groups is 4. The maximum absolute atomic E-state index is 13.1. The molecule has 168 valence electrons. The third-order valence-corrected chi connectivity index (χ3v) is 5.64. The van der Waals surface area contributed by atoms with E-state index in [1.54, 1.807) is 24.3 Å². The van der Waals surface area contributed by atoms with Crippen molar-refractivity contribution in [3.63, 3.8) is 0 Å². The first-order valence-electron chi connectivity index (χ1n) is 9.08. The van der Waals surface area contributed by atoms with Gasteiger partial charge in [-0.15, -0.1) is 0 Å². The summed E-state index contributed by atoms with van der Waals surface area (Å²) in [5, 5.41) is 3.29. The van der Waals surface area contributed by atoms with Crippen LogP contribution in [0.4, 0.5) is 29.3 Å². The molecule has 1 aliphatic rings. The van der Waals surface area contributed by atoms with Gasteiger partial charge in [0.05, 0.1) is 11.3 Å². The van der Waals surface area contributed by atoms with Crippen LogP contribution in [0.5, 0.6) is 0 Å². The van der Waals surface area contributed by atoms with Gasteiger partial charge in [0, 0.05) is 17.1 Å². The minimum absolute atomic E-state index is 0.326. The zero-order valence-electron chi connectivity index (χ0n) is 16.1. The Kier molecular flexibility index (Phi) is 7.09. The summed E-state index contributed by atoms with van der Waals surface area (Å²) in [7, 11) is 0. The lowest BCUT2D eigenvalue weighted by Crippen LogP contribution is -2.39. The quantitative estimate of drug-likeness (QED) is 0.632. The number of thioether (sulfide) groups is 1. The highest BCUT2D eigenvalue weighted by Gasteiger charge is 2.41. The number of hydrogen-bond acceptors (Lipinski definition) is 5. The Morgan fingerprint density at radius 1 is 1.00 bits per heavy atom. The Bertz CT molecular complexity index is 1060. The average molecular weight is 486 g/mol. The monoisotopic (exact) mass is 485 g/mol. The van der Waals surface area contributed by atoms with Crippen molar-refractivity contribution >= 4 is 57.7 Å². The van der Waals surface area contributed by atoms with E-state index in [1.807, 2.05) is 0 Å².